The summed E-state index contributed by atoms with van der Waals surface area (Å²) in [6.45, 7) is 0. The number of amides is 1. The van der Waals surface area contributed by atoms with Crippen molar-refractivity contribution in [2.75, 3.05) is 0 Å². The lowest BCUT2D eigenvalue weighted by Crippen LogP contribution is -2.16. The summed E-state index contributed by atoms with van der Waals surface area (Å²) in [6, 6.07) is 8.97. The molecular weight excluding hydrogens is 250 g/mol. The van der Waals surface area contributed by atoms with Gasteiger partial charge in [-0.05, 0) is 12.1 Å². The van der Waals surface area contributed by atoms with Crippen LogP contribution < -0.4 is 5.43 Å². The quantitative estimate of drug-likeness (QED) is 0.515. The van der Waals surface area contributed by atoms with Crippen molar-refractivity contribution in [2.45, 2.75) is 0 Å². The molecule has 1 aromatic carbocycles. The second-order valence-corrected chi connectivity index (χ2v) is 3.53. The number of nitro benzene ring substituents is 1. The maximum absolute atomic E-state index is 11.4. The highest BCUT2D eigenvalue weighted by Crippen LogP contribution is 2.11. The Balaban J connectivity index is 2.01. The van der Waals surface area contributed by atoms with E-state index in [-0.39, 0.29) is 11.4 Å². The predicted molar refractivity (Wildman–Crippen MR) is 66.9 cm³/mol. The van der Waals surface area contributed by atoms with E-state index < -0.39 is 10.8 Å². The van der Waals surface area contributed by atoms with Gasteiger partial charge < -0.3 is 4.42 Å². The third-order valence-electron chi connectivity index (χ3n) is 2.21. The van der Waals surface area contributed by atoms with Crippen molar-refractivity contribution in [1.82, 2.24) is 5.43 Å². The number of benzene rings is 1. The molecule has 19 heavy (non-hydrogen) atoms. The normalized spacial score (nSPS) is 10.5. The van der Waals surface area contributed by atoms with Crippen LogP contribution >= 0.6 is 0 Å². The van der Waals surface area contributed by atoms with E-state index >= 15 is 0 Å². The molecule has 0 radical (unpaired) electrons. The van der Waals surface area contributed by atoms with Crippen molar-refractivity contribution in [3.63, 3.8) is 0 Å². The first kappa shape index (κ1) is 12.5. The van der Waals surface area contributed by atoms with E-state index in [2.05, 4.69) is 10.5 Å². The number of non-ortho nitro benzene ring substituents is 1. The van der Waals surface area contributed by atoms with E-state index in [0.29, 0.717) is 5.56 Å². The van der Waals surface area contributed by atoms with E-state index in [1.54, 1.807) is 12.1 Å². The summed E-state index contributed by atoms with van der Waals surface area (Å²) in [5, 5.41) is 14.3. The Morgan fingerprint density at radius 3 is 2.89 bits per heavy atom. The molecule has 1 heterocycles. The molecule has 7 nitrogen and oxygen atoms in total. The molecule has 0 aliphatic carbocycles. The zero-order chi connectivity index (χ0) is 13.7. The van der Waals surface area contributed by atoms with Crippen molar-refractivity contribution in [2.24, 2.45) is 5.10 Å². The molecule has 0 unspecified atom stereocenters. The Morgan fingerprint density at radius 1 is 1.37 bits per heavy atom. The molecule has 0 aliphatic heterocycles. The van der Waals surface area contributed by atoms with Crippen molar-refractivity contribution in [3.05, 3.63) is 64.1 Å². The number of hydrazone groups is 1. The van der Waals surface area contributed by atoms with Crippen LogP contribution in [0.15, 0.2) is 52.2 Å². The summed E-state index contributed by atoms with van der Waals surface area (Å²) in [5.41, 5.74) is 2.72. The molecule has 0 bridgehead atoms. The van der Waals surface area contributed by atoms with E-state index in [4.69, 9.17) is 4.42 Å². The maximum Gasteiger partial charge on any atom is 0.307 e. The summed E-state index contributed by atoms with van der Waals surface area (Å²) in [5.74, 6) is -0.358. The number of nitro groups is 1. The Bertz CT molecular complexity index is 620. The summed E-state index contributed by atoms with van der Waals surface area (Å²) in [4.78, 5) is 21.5. The number of rotatable bonds is 4. The van der Waals surface area contributed by atoms with E-state index in [9.17, 15) is 14.9 Å². The summed E-state index contributed by atoms with van der Waals surface area (Å²) >= 11 is 0. The third-order valence-corrected chi connectivity index (χ3v) is 2.21. The highest BCUT2D eigenvalue weighted by atomic mass is 16.6. The SMILES string of the molecule is O=C(N/N=C/c1cccc([N+](=O)[O-])c1)c1ccco1. The molecule has 7 heteroatoms. The Morgan fingerprint density at radius 2 is 2.21 bits per heavy atom. The fraction of sp³-hybridized carbons (Fsp3) is 0. The number of carbonyl (C=O) groups excluding carboxylic acids is 1. The van der Waals surface area contributed by atoms with Gasteiger partial charge in [-0.2, -0.15) is 5.10 Å². The van der Waals surface area contributed by atoms with E-state index in [0.717, 1.165) is 0 Å². The molecule has 96 valence electrons. The Labute approximate surface area is 107 Å². The van der Waals surface area contributed by atoms with Gasteiger partial charge in [0.1, 0.15) is 0 Å². The maximum atomic E-state index is 11.4. The fourth-order valence-corrected chi connectivity index (χ4v) is 1.35. The average Bonchev–Trinajstić information content (AvgIpc) is 2.93. The van der Waals surface area contributed by atoms with Crippen LogP contribution in [-0.4, -0.2) is 17.0 Å². The van der Waals surface area contributed by atoms with Crippen LogP contribution in [0.2, 0.25) is 0 Å². The van der Waals surface area contributed by atoms with E-state index in [1.165, 1.54) is 36.7 Å². The molecule has 2 rings (SSSR count). The Hall–Kier alpha value is -2.96. The molecule has 1 aromatic heterocycles. The topological polar surface area (TPSA) is 97.7 Å². The summed E-state index contributed by atoms with van der Waals surface area (Å²) in [6.07, 6.45) is 2.69. The van der Waals surface area contributed by atoms with Gasteiger partial charge in [-0.1, -0.05) is 12.1 Å². The molecule has 1 amide bonds. The minimum Gasteiger partial charge on any atom is -0.459 e. The van der Waals surface area contributed by atoms with Crippen molar-refractivity contribution in [3.8, 4) is 0 Å². The van der Waals surface area contributed by atoms with Crippen molar-refractivity contribution < 1.29 is 14.1 Å². The van der Waals surface area contributed by atoms with Crippen molar-refractivity contribution >= 4 is 17.8 Å². The lowest BCUT2D eigenvalue weighted by molar-refractivity contribution is -0.384. The summed E-state index contributed by atoms with van der Waals surface area (Å²) < 4.78 is 4.87. The number of hydrogen-bond donors (Lipinski definition) is 1. The zero-order valence-corrected chi connectivity index (χ0v) is 9.65. The van der Waals surface area contributed by atoms with Crippen LogP contribution in [0.25, 0.3) is 0 Å². The van der Waals surface area contributed by atoms with Crippen LogP contribution in [0, 0.1) is 10.1 Å². The van der Waals surface area contributed by atoms with Gasteiger partial charge in [0.15, 0.2) is 5.76 Å². The molecule has 0 aliphatic rings. The molecule has 0 atom stereocenters. The number of carbonyl (C=O) groups is 1. The monoisotopic (exact) mass is 259 g/mol. The third kappa shape index (κ3) is 3.25. The first-order valence-corrected chi connectivity index (χ1v) is 5.28. The second kappa shape index (κ2) is 5.58. The highest BCUT2D eigenvalue weighted by molar-refractivity contribution is 5.92. The van der Waals surface area contributed by atoms with Gasteiger partial charge in [-0.25, -0.2) is 5.43 Å². The minimum atomic E-state index is -0.501. The van der Waals surface area contributed by atoms with Crippen LogP contribution in [0.3, 0.4) is 0 Å². The Kier molecular flexibility index (Phi) is 3.67. The molecule has 2 aromatic rings. The van der Waals surface area contributed by atoms with Crippen LogP contribution in [0.1, 0.15) is 16.1 Å². The van der Waals surface area contributed by atoms with Gasteiger partial charge >= 0.3 is 5.91 Å². The van der Waals surface area contributed by atoms with Gasteiger partial charge in [-0.15, -0.1) is 0 Å². The standard InChI is InChI=1S/C12H9N3O4/c16-12(11-5-2-6-19-11)14-13-8-9-3-1-4-10(7-9)15(17)18/h1-8H,(H,14,16)/b13-8+. The van der Waals surface area contributed by atoms with Crippen LogP contribution in [-0.2, 0) is 0 Å². The predicted octanol–water partition coefficient (Wildman–Crippen LogP) is 1.95. The number of furan rings is 1. The van der Waals surface area contributed by atoms with Crippen LogP contribution in [0.4, 0.5) is 5.69 Å². The molecular formula is C12H9N3O4. The molecule has 0 saturated heterocycles. The van der Waals surface area contributed by atoms with Gasteiger partial charge in [0.25, 0.3) is 5.69 Å². The van der Waals surface area contributed by atoms with Gasteiger partial charge in [-0.3, -0.25) is 14.9 Å². The minimum absolute atomic E-state index is 0.0405. The average molecular weight is 259 g/mol. The largest absolute Gasteiger partial charge is 0.459 e. The van der Waals surface area contributed by atoms with Gasteiger partial charge in [0.2, 0.25) is 0 Å². The fourth-order valence-electron chi connectivity index (χ4n) is 1.35. The number of nitrogens with zero attached hydrogens (tertiary/aromatic N) is 2. The molecule has 0 saturated carbocycles. The first-order valence-electron chi connectivity index (χ1n) is 5.28. The van der Waals surface area contributed by atoms with Gasteiger partial charge in [0.05, 0.1) is 17.4 Å². The van der Waals surface area contributed by atoms with Crippen LogP contribution in [0.5, 0.6) is 0 Å². The molecule has 0 fully saturated rings. The smallest absolute Gasteiger partial charge is 0.307 e. The second-order valence-electron chi connectivity index (χ2n) is 3.53. The van der Waals surface area contributed by atoms with Crippen molar-refractivity contribution in [1.29, 1.82) is 0 Å². The lowest BCUT2D eigenvalue weighted by atomic mass is 10.2. The first-order chi connectivity index (χ1) is 9.16. The highest BCUT2D eigenvalue weighted by Gasteiger charge is 2.06. The van der Waals surface area contributed by atoms with Gasteiger partial charge in [0, 0.05) is 17.7 Å². The number of nitrogens with one attached hydrogen (secondary N) is 1. The zero-order valence-electron chi connectivity index (χ0n) is 9.65. The molecule has 0 spiro atoms. The number of hydrogen-bond acceptors (Lipinski definition) is 5. The van der Waals surface area contributed by atoms with E-state index in [1.807, 2.05) is 0 Å². The molecule has 1 N–H and O–H groups in total. The lowest BCUT2D eigenvalue weighted by Gasteiger charge is -1.96. The summed E-state index contributed by atoms with van der Waals surface area (Å²) in [7, 11) is 0.